The van der Waals surface area contributed by atoms with Crippen molar-refractivity contribution in [3.05, 3.63) is 30.1 Å². The van der Waals surface area contributed by atoms with Crippen molar-refractivity contribution in [1.82, 2.24) is 24.7 Å². The maximum absolute atomic E-state index is 12.6. The lowest BCUT2D eigenvalue weighted by Crippen LogP contribution is -2.51. The van der Waals surface area contributed by atoms with Crippen molar-refractivity contribution in [2.45, 2.75) is 51.0 Å². The van der Waals surface area contributed by atoms with Crippen LogP contribution in [0.4, 0.5) is 0 Å². The van der Waals surface area contributed by atoms with E-state index in [1.54, 1.807) is 0 Å². The summed E-state index contributed by atoms with van der Waals surface area (Å²) in [7, 11) is 0. The number of aromatic nitrogens is 2. The van der Waals surface area contributed by atoms with Crippen LogP contribution in [0.25, 0.3) is 11.0 Å². The summed E-state index contributed by atoms with van der Waals surface area (Å²) in [4.78, 5) is 34.4. The van der Waals surface area contributed by atoms with Crippen molar-refractivity contribution < 1.29 is 9.59 Å². The monoisotopic (exact) mass is 423 g/mol. The fourth-order valence-corrected chi connectivity index (χ4v) is 5.09. The second kappa shape index (κ2) is 8.99. The molecule has 7 heteroatoms. The van der Waals surface area contributed by atoms with Gasteiger partial charge in [0.1, 0.15) is 12.4 Å². The summed E-state index contributed by atoms with van der Waals surface area (Å²) >= 11 is 0. The van der Waals surface area contributed by atoms with Crippen LogP contribution in [0.1, 0.15) is 50.3 Å². The SMILES string of the molecule is O=C(Cn1c(C2CC2)nc2ccccc21)NCCN1CCN(C(=O)C2CCCC2)CC1. The van der Waals surface area contributed by atoms with Gasteiger partial charge in [0, 0.05) is 51.1 Å². The summed E-state index contributed by atoms with van der Waals surface area (Å²) in [5.74, 6) is 2.23. The van der Waals surface area contributed by atoms with Crippen molar-refractivity contribution in [3.8, 4) is 0 Å². The van der Waals surface area contributed by atoms with Gasteiger partial charge in [0.15, 0.2) is 0 Å². The molecule has 1 aromatic heterocycles. The Hall–Kier alpha value is -2.41. The molecule has 1 aromatic carbocycles. The van der Waals surface area contributed by atoms with Crippen LogP contribution in [0.2, 0.25) is 0 Å². The zero-order valence-electron chi connectivity index (χ0n) is 18.3. The number of hydrogen-bond acceptors (Lipinski definition) is 4. The average molecular weight is 424 g/mol. The summed E-state index contributed by atoms with van der Waals surface area (Å²) in [5.41, 5.74) is 2.02. The predicted molar refractivity (Wildman–Crippen MR) is 120 cm³/mol. The molecule has 1 aliphatic heterocycles. The number of piperazine rings is 1. The molecule has 0 atom stereocenters. The Labute approximate surface area is 183 Å². The summed E-state index contributed by atoms with van der Waals surface area (Å²) in [5, 5.41) is 3.09. The zero-order chi connectivity index (χ0) is 21.2. The summed E-state index contributed by atoms with van der Waals surface area (Å²) in [6.07, 6.45) is 6.87. The highest BCUT2D eigenvalue weighted by Gasteiger charge is 2.31. The molecule has 2 amide bonds. The molecule has 31 heavy (non-hydrogen) atoms. The number of amides is 2. The predicted octanol–water partition coefficient (Wildman–Crippen LogP) is 2.36. The molecule has 0 spiro atoms. The molecule has 3 aliphatic rings. The van der Waals surface area contributed by atoms with Gasteiger partial charge in [-0.3, -0.25) is 14.5 Å². The average Bonchev–Trinajstić information content (AvgIpc) is 3.36. The molecule has 1 saturated heterocycles. The number of fused-ring (bicyclic) bond motifs is 1. The Balaban J connectivity index is 1.08. The fourth-order valence-electron chi connectivity index (χ4n) is 5.09. The number of nitrogens with one attached hydrogen (secondary N) is 1. The normalized spacial score (nSPS) is 20.5. The second-order valence-corrected chi connectivity index (χ2v) is 9.32. The summed E-state index contributed by atoms with van der Waals surface area (Å²) in [6, 6.07) is 8.07. The van der Waals surface area contributed by atoms with Gasteiger partial charge < -0.3 is 14.8 Å². The van der Waals surface area contributed by atoms with Gasteiger partial charge in [0.05, 0.1) is 11.0 Å². The Morgan fingerprint density at radius 3 is 2.48 bits per heavy atom. The minimum Gasteiger partial charge on any atom is -0.353 e. The van der Waals surface area contributed by atoms with Gasteiger partial charge in [-0.2, -0.15) is 0 Å². The van der Waals surface area contributed by atoms with Gasteiger partial charge in [-0.1, -0.05) is 25.0 Å². The van der Waals surface area contributed by atoms with Gasteiger partial charge in [0.2, 0.25) is 11.8 Å². The van der Waals surface area contributed by atoms with Crippen LogP contribution in [-0.4, -0.2) is 70.4 Å². The minimum absolute atomic E-state index is 0.0418. The Bertz CT molecular complexity index is 937. The molecule has 7 nitrogen and oxygen atoms in total. The molecule has 0 radical (unpaired) electrons. The number of nitrogens with zero attached hydrogens (tertiary/aromatic N) is 4. The molecule has 2 aromatic rings. The first-order valence-electron chi connectivity index (χ1n) is 11.9. The molecule has 2 heterocycles. The lowest BCUT2D eigenvalue weighted by atomic mass is 10.1. The maximum Gasteiger partial charge on any atom is 0.240 e. The molecule has 2 aliphatic carbocycles. The van der Waals surface area contributed by atoms with E-state index in [1.165, 1.54) is 25.7 Å². The van der Waals surface area contributed by atoms with E-state index >= 15 is 0 Å². The van der Waals surface area contributed by atoms with Crippen LogP contribution in [-0.2, 0) is 16.1 Å². The topological polar surface area (TPSA) is 70.5 Å². The number of rotatable bonds is 7. The quantitative estimate of drug-likeness (QED) is 0.742. The Kier molecular flexibility index (Phi) is 5.94. The number of hydrogen-bond donors (Lipinski definition) is 1. The van der Waals surface area contributed by atoms with E-state index in [9.17, 15) is 9.59 Å². The number of carbonyl (C=O) groups is 2. The lowest BCUT2D eigenvalue weighted by Gasteiger charge is -2.36. The molecule has 3 fully saturated rings. The van der Waals surface area contributed by atoms with E-state index < -0.39 is 0 Å². The number of para-hydroxylation sites is 2. The molecule has 166 valence electrons. The van der Waals surface area contributed by atoms with E-state index in [0.717, 1.165) is 62.4 Å². The molecular formula is C24H33N5O2. The van der Waals surface area contributed by atoms with Crippen molar-refractivity contribution in [3.63, 3.8) is 0 Å². The number of imidazole rings is 1. The van der Waals surface area contributed by atoms with Crippen LogP contribution in [0, 0.1) is 5.92 Å². The van der Waals surface area contributed by atoms with E-state index in [1.807, 2.05) is 24.3 Å². The summed E-state index contributed by atoms with van der Waals surface area (Å²) < 4.78 is 2.09. The summed E-state index contributed by atoms with van der Waals surface area (Å²) in [6.45, 7) is 5.22. The van der Waals surface area contributed by atoms with Crippen LogP contribution in [0.15, 0.2) is 24.3 Å². The van der Waals surface area contributed by atoms with Crippen molar-refractivity contribution >= 4 is 22.8 Å². The second-order valence-electron chi connectivity index (χ2n) is 9.32. The fraction of sp³-hybridized carbons (Fsp3) is 0.625. The highest BCUT2D eigenvalue weighted by Crippen LogP contribution is 2.40. The maximum atomic E-state index is 12.6. The largest absolute Gasteiger partial charge is 0.353 e. The van der Waals surface area contributed by atoms with E-state index in [4.69, 9.17) is 4.98 Å². The standard InChI is InChI=1S/C24H33N5O2/c30-22(17-29-21-8-4-3-7-20(21)26-23(29)18-9-10-18)25-11-12-27-13-15-28(16-14-27)24(31)19-5-1-2-6-19/h3-4,7-8,18-19H,1-2,5-6,9-17H2,(H,25,30). The van der Waals surface area contributed by atoms with E-state index in [2.05, 4.69) is 19.7 Å². The molecular weight excluding hydrogens is 390 g/mol. The highest BCUT2D eigenvalue weighted by molar-refractivity contribution is 5.81. The lowest BCUT2D eigenvalue weighted by molar-refractivity contribution is -0.137. The van der Waals surface area contributed by atoms with Crippen molar-refractivity contribution in [1.29, 1.82) is 0 Å². The molecule has 0 unspecified atom stereocenters. The van der Waals surface area contributed by atoms with Crippen LogP contribution >= 0.6 is 0 Å². The Morgan fingerprint density at radius 1 is 1.00 bits per heavy atom. The van der Waals surface area contributed by atoms with Crippen molar-refractivity contribution in [2.24, 2.45) is 5.92 Å². The van der Waals surface area contributed by atoms with E-state index in [-0.39, 0.29) is 11.8 Å². The van der Waals surface area contributed by atoms with Gasteiger partial charge in [-0.05, 0) is 37.8 Å². The third-order valence-corrected chi connectivity index (χ3v) is 7.07. The van der Waals surface area contributed by atoms with Crippen LogP contribution in [0.5, 0.6) is 0 Å². The van der Waals surface area contributed by atoms with Gasteiger partial charge in [-0.15, -0.1) is 0 Å². The van der Waals surface area contributed by atoms with Crippen LogP contribution in [0.3, 0.4) is 0 Å². The van der Waals surface area contributed by atoms with Gasteiger partial charge >= 0.3 is 0 Å². The zero-order valence-corrected chi connectivity index (χ0v) is 18.3. The third kappa shape index (κ3) is 4.61. The first-order chi connectivity index (χ1) is 15.2. The number of benzene rings is 1. The molecule has 0 bridgehead atoms. The van der Waals surface area contributed by atoms with Crippen LogP contribution < -0.4 is 5.32 Å². The highest BCUT2D eigenvalue weighted by atomic mass is 16.2. The number of carbonyl (C=O) groups excluding carboxylic acids is 2. The minimum atomic E-state index is 0.0418. The van der Waals surface area contributed by atoms with Gasteiger partial charge in [-0.25, -0.2) is 4.98 Å². The molecule has 2 saturated carbocycles. The third-order valence-electron chi connectivity index (χ3n) is 7.07. The van der Waals surface area contributed by atoms with Crippen molar-refractivity contribution in [2.75, 3.05) is 39.3 Å². The van der Waals surface area contributed by atoms with E-state index in [0.29, 0.717) is 24.9 Å². The smallest absolute Gasteiger partial charge is 0.240 e. The molecule has 1 N–H and O–H groups in total. The first-order valence-corrected chi connectivity index (χ1v) is 11.9. The Morgan fingerprint density at radius 2 is 1.74 bits per heavy atom. The first kappa shape index (κ1) is 20.5. The molecule has 5 rings (SSSR count). The van der Waals surface area contributed by atoms with Gasteiger partial charge in [0.25, 0.3) is 0 Å².